The molecule has 0 bridgehead atoms. The Morgan fingerprint density at radius 1 is 1.37 bits per heavy atom. The first-order chi connectivity index (χ1) is 9.14. The molecule has 0 spiro atoms. The molecular weight excluding hydrogens is 322 g/mol. The van der Waals surface area contributed by atoms with Crippen molar-refractivity contribution in [2.45, 2.75) is 57.6 Å². The van der Waals surface area contributed by atoms with Crippen molar-refractivity contribution in [2.75, 3.05) is 13.1 Å². The molecule has 1 N–H and O–H groups in total. The molecule has 1 aliphatic carbocycles. The molecule has 0 radical (unpaired) electrons. The summed E-state index contributed by atoms with van der Waals surface area (Å²) in [6, 6.07) is 2.07. The summed E-state index contributed by atoms with van der Waals surface area (Å²) in [5.74, 6) is 0. The Morgan fingerprint density at radius 3 is 2.47 bits per heavy atom. The fourth-order valence-electron chi connectivity index (χ4n) is 3.54. The second kappa shape index (κ2) is 6.70. The summed E-state index contributed by atoms with van der Waals surface area (Å²) < 4.78 is 1.14. The second-order valence-corrected chi connectivity index (χ2v) is 7.25. The predicted octanol–water partition coefficient (Wildman–Crippen LogP) is 4.07. The Hall–Kier alpha value is 0.100. The highest BCUT2D eigenvalue weighted by molar-refractivity contribution is 9.10. The van der Waals surface area contributed by atoms with Gasteiger partial charge < -0.3 is 5.11 Å². The molecule has 4 heteroatoms. The van der Waals surface area contributed by atoms with Crippen LogP contribution in [0.1, 0.15) is 44.4 Å². The van der Waals surface area contributed by atoms with Crippen LogP contribution in [0.4, 0.5) is 0 Å². The van der Waals surface area contributed by atoms with Crippen molar-refractivity contribution in [1.29, 1.82) is 0 Å². The van der Waals surface area contributed by atoms with Crippen LogP contribution < -0.4 is 0 Å². The molecule has 1 unspecified atom stereocenters. The van der Waals surface area contributed by atoms with Crippen molar-refractivity contribution in [3.63, 3.8) is 0 Å². The third-order valence-electron chi connectivity index (χ3n) is 4.55. The van der Waals surface area contributed by atoms with E-state index in [2.05, 4.69) is 46.1 Å². The van der Waals surface area contributed by atoms with E-state index in [-0.39, 0.29) is 11.6 Å². The first-order valence-corrected chi connectivity index (χ1v) is 8.96. The molecule has 2 rings (SSSR count). The summed E-state index contributed by atoms with van der Waals surface area (Å²) >= 11 is 5.31. The fourth-order valence-corrected chi connectivity index (χ4v) is 5.09. The number of aliphatic hydroxyl groups excluding tert-OH is 1. The smallest absolute Gasteiger partial charge is 0.0772 e. The van der Waals surface area contributed by atoms with Gasteiger partial charge in [0, 0.05) is 21.3 Å². The Kier molecular flexibility index (Phi) is 5.46. The molecule has 1 aliphatic rings. The molecule has 0 amide bonds. The van der Waals surface area contributed by atoms with Crippen LogP contribution in [0.2, 0.25) is 0 Å². The van der Waals surface area contributed by atoms with E-state index in [0.29, 0.717) is 0 Å². The average Bonchev–Trinajstić information content (AvgIpc) is 3.02. The van der Waals surface area contributed by atoms with E-state index in [0.717, 1.165) is 36.8 Å². The molecule has 1 heterocycles. The maximum absolute atomic E-state index is 10.9. The average molecular weight is 346 g/mol. The molecule has 1 aromatic heterocycles. The topological polar surface area (TPSA) is 23.5 Å². The van der Waals surface area contributed by atoms with Crippen LogP contribution >= 0.6 is 27.3 Å². The first kappa shape index (κ1) is 15.5. The summed E-state index contributed by atoms with van der Waals surface area (Å²) in [6.45, 7) is 6.47. The van der Waals surface area contributed by atoms with Crippen molar-refractivity contribution in [3.05, 3.63) is 20.8 Å². The lowest BCUT2D eigenvalue weighted by Crippen LogP contribution is -2.55. The van der Waals surface area contributed by atoms with Crippen LogP contribution in [0.15, 0.2) is 15.9 Å². The van der Waals surface area contributed by atoms with Crippen LogP contribution in [0.3, 0.4) is 0 Å². The minimum Gasteiger partial charge on any atom is -0.391 e. The Balaban J connectivity index is 2.17. The zero-order valence-electron chi connectivity index (χ0n) is 11.9. The van der Waals surface area contributed by atoms with E-state index in [9.17, 15) is 5.11 Å². The number of halogens is 1. The van der Waals surface area contributed by atoms with Crippen LogP contribution in [0, 0.1) is 0 Å². The van der Waals surface area contributed by atoms with Gasteiger partial charge in [0.25, 0.3) is 0 Å². The fraction of sp³-hybridized carbons (Fsp3) is 0.733. The van der Waals surface area contributed by atoms with Crippen molar-refractivity contribution in [3.8, 4) is 0 Å². The molecule has 0 aromatic carbocycles. The highest BCUT2D eigenvalue weighted by Gasteiger charge is 2.44. The van der Waals surface area contributed by atoms with Gasteiger partial charge in [-0.15, -0.1) is 11.3 Å². The standard InChI is InChI=1S/C15H24BrNOS/c1-3-17(4-2)15(8-5-6-9-15)14(18)11-13-12(16)7-10-19-13/h7,10,14,18H,3-6,8-9,11H2,1-2H3. The molecule has 108 valence electrons. The van der Waals surface area contributed by atoms with Gasteiger partial charge in [0.05, 0.1) is 6.10 Å². The monoisotopic (exact) mass is 345 g/mol. The SMILES string of the molecule is CCN(CC)C1(C(O)Cc2sccc2Br)CCCC1. The summed E-state index contributed by atoms with van der Waals surface area (Å²) in [4.78, 5) is 3.75. The van der Waals surface area contributed by atoms with Gasteiger partial charge in [-0.3, -0.25) is 4.90 Å². The third-order valence-corrected chi connectivity index (χ3v) is 6.50. The van der Waals surface area contributed by atoms with Crippen LogP contribution in [0.5, 0.6) is 0 Å². The summed E-state index contributed by atoms with van der Waals surface area (Å²) in [6.07, 6.45) is 5.29. The lowest BCUT2D eigenvalue weighted by Gasteiger charge is -2.44. The number of hydrogen-bond acceptors (Lipinski definition) is 3. The van der Waals surface area contributed by atoms with Gasteiger partial charge in [-0.05, 0) is 53.3 Å². The predicted molar refractivity (Wildman–Crippen MR) is 85.8 cm³/mol. The first-order valence-electron chi connectivity index (χ1n) is 7.29. The maximum Gasteiger partial charge on any atom is 0.0772 e. The number of nitrogens with zero attached hydrogens (tertiary/aromatic N) is 1. The van der Waals surface area contributed by atoms with Crippen molar-refractivity contribution < 1.29 is 5.11 Å². The van der Waals surface area contributed by atoms with Crippen molar-refractivity contribution in [2.24, 2.45) is 0 Å². The number of likely N-dealkylation sites (N-methyl/N-ethyl adjacent to an activating group) is 1. The number of thiophene rings is 1. The Morgan fingerprint density at radius 2 is 2.00 bits per heavy atom. The Labute approximate surface area is 129 Å². The molecule has 1 saturated carbocycles. The van der Waals surface area contributed by atoms with Crippen molar-refractivity contribution in [1.82, 2.24) is 4.90 Å². The second-order valence-electron chi connectivity index (χ2n) is 5.39. The van der Waals surface area contributed by atoms with Gasteiger partial charge >= 0.3 is 0 Å². The van der Waals surface area contributed by atoms with Gasteiger partial charge in [-0.2, -0.15) is 0 Å². The van der Waals surface area contributed by atoms with Gasteiger partial charge in [0.2, 0.25) is 0 Å². The highest BCUT2D eigenvalue weighted by Crippen LogP contribution is 2.40. The third kappa shape index (κ3) is 3.07. The highest BCUT2D eigenvalue weighted by atomic mass is 79.9. The van der Waals surface area contributed by atoms with Crippen LogP contribution in [-0.4, -0.2) is 34.7 Å². The number of aliphatic hydroxyl groups is 1. The molecule has 0 saturated heterocycles. The van der Waals surface area contributed by atoms with Gasteiger partial charge in [0.15, 0.2) is 0 Å². The van der Waals surface area contributed by atoms with E-state index >= 15 is 0 Å². The molecule has 19 heavy (non-hydrogen) atoms. The molecule has 1 fully saturated rings. The van der Waals surface area contributed by atoms with Gasteiger partial charge in [0.1, 0.15) is 0 Å². The lowest BCUT2D eigenvalue weighted by atomic mass is 9.86. The normalized spacial score (nSPS) is 20.1. The van der Waals surface area contributed by atoms with E-state index < -0.39 is 0 Å². The van der Waals surface area contributed by atoms with E-state index in [1.165, 1.54) is 17.7 Å². The molecular formula is C15H24BrNOS. The zero-order valence-corrected chi connectivity index (χ0v) is 14.3. The zero-order chi connectivity index (χ0) is 13.9. The van der Waals surface area contributed by atoms with E-state index in [1.54, 1.807) is 11.3 Å². The van der Waals surface area contributed by atoms with Gasteiger partial charge in [-0.1, -0.05) is 26.7 Å². The molecule has 1 atom stereocenters. The van der Waals surface area contributed by atoms with Crippen LogP contribution in [-0.2, 0) is 6.42 Å². The van der Waals surface area contributed by atoms with Crippen LogP contribution in [0.25, 0.3) is 0 Å². The van der Waals surface area contributed by atoms with Gasteiger partial charge in [-0.25, -0.2) is 0 Å². The maximum atomic E-state index is 10.9. The summed E-state index contributed by atoms with van der Waals surface area (Å²) in [5, 5.41) is 13.0. The summed E-state index contributed by atoms with van der Waals surface area (Å²) in [5.41, 5.74) is 0.00688. The minimum atomic E-state index is -0.259. The molecule has 0 aliphatic heterocycles. The quantitative estimate of drug-likeness (QED) is 0.839. The van der Waals surface area contributed by atoms with E-state index in [4.69, 9.17) is 0 Å². The number of hydrogen-bond donors (Lipinski definition) is 1. The summed E-state index contributed by atoms with van der Waals surface area (Å²) in [7, 11) is 0. The minimum absolute atomic E-state index is 0.00688. The Bertz CT molecular complexity index is 397. The number of rotatable bonds is 6. The molecule has 1 aromatic rings. The largest absolute Gasteiger partial charge is 0.391 e. The van der Waals surface area contributed by atoms with Crippen molar-refractivity contribution >= 4 is 27.3 Å². The van der Waals surface area contributed by atoms with E-state index in [1.807, 2.05) is 0 Å². The molecule has 2 nitrogen and oxygen atoms in total. The lowest BCUT2D eigenvalue weighted by molar-refractivity contribution is -0.0241.